The number of phenolic OH excluding ortho intramolecular Hbond substituents is 1. The zero-order valence-electron chi connectivity index (χ0n) is 12.4. The van der Waals surface area contributed by atoms with Crippen molar-refractivity contribution in [2.24, 2.45) is 5.92 Å². The Hall–Kier alpha value is -2.49. The molecule has 1 N–H and O–H groups in total. The van der Waals surface area contributed by atoms with Gasteiger partial charge < -0.3 is 14.6 Å². The lowest BCUT2D eigenvalue weighted by atomic mass is 10.0. The molecule has 2 aromatic carbocycles. The van der Waals surface area contributed by atoms with Crippen LogP contribution in [0, 0.1) is 5.92 Å². The molecule has 0 spiro atoms. The fourth-order valence-electron chi connectivity index (χ4n) is 2.29. The molecule has 1 fully saturated rings. The average molecular weight is 298 g/mol. The third-order valence-electron chi connectivity index (χ3n) is 3.82. The van der Waals surface area contributed by atoms with Crippen LogP contribution in [0.1, 0.15) is 23.2 Å². The molecule has 114 valence electrons. The minimum atomic E-state index is -0.0162. The average Bonchev–Trinajstić information content (AvgIpc) is 3.37. The number of aromatic hydroxyl groups is 1. The van der Waals surface area contributed by atoms with E-state index in [1.807, 2.05) is 18.2 Å². The van der Waals surface area contributed by atoms with Gasteiger partial charge in [0.2, 0.25) is 0 Å². The van der Waals surface area contributed by atoms with Crippen molar-refractivity contribution in [3.8, 4) is 28.4 Å². The summed E-state index contributed by atoms with van der Waals surface area (Å²) in [7, 11) is 1.62. The summed E-state index contributed by atoms with van der Waals surface area (Å²) in [6.07, 6.45) is 3.10. The monoisotopic (exact) mass is 298 g/mol. The summed E-state index contributed by atoms with van der Waals surface area (Å²) in [6.45, 7) is 0.703. The van der Waals surface area contributed by atoms with E-state index in [0.29, 0.717) is 30.3 Å². The zero-order chi connectivity index (χ0) is 15.5. The molecule has 0 aromatic heterocycles. The van der Waals surface area contributed by atoms with Crippen LogP contribution in [-0.4, -0.2) is 25.1 Å². The van der Waals surface area contributed by atoms with E-state index in [1.165, 1.54) is 18.9 Å². The summed E-state index contributed by atoms with van der Waals surface area (Å²) >= 11 is 0. The molecular formula is C18H18O4. The van der Waals surface area contributed by atoms with Gasteiger partial charge in [-0.3, -0.25) is 4.79 Å². The first kappa shape index (κ1) is 14.4. The van der Waals surface area contributed by atoms with Crippen LogP contribution < -0.4 is 9.47 Å². The number of methoxy groups -OCH3 is 1. The number of phenols is 1. The van der Waals surface area contributed by atoms with Crippen LogP contribution >= 0.6 is 0 Å². The second-order valence-corrected chi connectivity index (χ2v) is 5.51. The molecule has 0 saturated heterocycles. The minimum Gasteiger partial charge on any atom is -0.507 e. The standard InChI is InChI=1S/C18H18O4/c1-21-17-7-5-14(9-18(17)22-11-12-2-3-12)13-4-6-16(20)15(8-13)10-19/h4-10,12,20H,2-3,11H2,1H3. The number of benzene rings is 2. The SMILES string of the molecule is COc1ccc(-c2ccc(O)c(C=O)c2)cc1OCC1CC1. The molecule has 4 heteroatoms. The maximum Gasteiger partial charge on any atom is 0.161 e. The number of carbonyl (C=O) groups is 1. The topological polar surface area (TPSA) is 55.8 Å². The Morgan fingerprint density at radius 3 is 2.55 bits per heavy atom. The molecule has 1 aliphatic rings. The van der Waals surface area contributed by atoms with E-state index < -0.39 is 0 Å². The van der Waals surface area contributed by atoms with Gasteiger partial charge in [-0.25, -0.2) is 0 Å². The third-order valence-corrected chi connectivity index (χ3v) is 3.82. The van der Waals surface area contributed by atoms with Gasteiger partial charge in [-0.05, 0) is 54.2 Å². The Morgan fingerprint density at radius 1 is 1.14 bits per heavy atom. The van der Waals surface area contributed by atoms with E-state index in [9.17, 15) is 9.90 Å². The van der Waals surface area contributed by atoms with E-state index >= 15 is 0 Å². The Morgan fingerprint density at radius 2 is 1.86 bits per heavy atom. The van der Waals surface area contributed by atoms with Gasteiger partial charge in [-0.15, -0.1) is 0 Å². The van der Waals surface area contributed by atoms with Crippen LogP contribution in [0.25, 0.3) is 11.1 Å². The Kier molecular flexibility index (Phi) is 4.00. The first-order valence-corrected chi connectivity index (χ1v) is 7.30. The fourth-order valence-corrected chi connectivity index (χ4v) is 2.29. The van der Waals surface area contributed by atoms with Crippen molar-refractivity contribution in [2.75, 3.05) is 13.7 Å². The number of ether oxygens (including phenoxy) is 2. The molecule has 4 nitrogen and oxygen atoms in total. The summed E-state index contributed by atoms with van der Waals surface area (Å²) in [5.41, 5.74) is 2.03. The van der Waals surface area contributed by atoms with Crippen molar-refractivity contribution in [3.05, 3.63) is 42.0 Å². The maximum absolute atomic E-state index is 11.0. The van der Waals surface area contributed by atoms with Crippen molar-refractivity contribution in [2.45, 2.75) is 12.8 Å². The van der Waals surface area contributed by atoms with Crippen LogP contribution in [0.4, 0.5) is 0 Å². The Labute approximate surface area is 129 Å². The molecule has 0 atom stereocenters. The molecule has 2 aromatic rings. The highest BCUT2D eigenvalue weighted by Crippen LogP contribution is 2.36. The number of carbonyl (C=O) groups excluding carboxylic acids is 1. The predicted octanol–water partition coefficient (Wildman–Crippen LogP) is 3.67. The molecule has 3 rings (SSSR count). The summed E-state index contributed by atoms with van der Waals surface area (Å²) in [4.78, 5) is 11.0. The van der Waals surface area contributed by atoms with E-state index in [-0.39, 0.29) is 11.3 Å². The molecule has 0 amide bonds. The maximum atomic E-state index is 11.0. The lowest BCUT2D eigenvalue weighted by Crippen LogP contribution is -2.01. The van der Waals surface area contributed by atoms with Gasteiger partial charge in [0.1, 0.15) is 5.75 Å². The summed E-state index contributed by atoms with van der Waals surface area (Å²) in [5.74, 6) is 2.03. The largest absolute Gasteiger partial charge is 0.507 e. The molecule has 0 unspecified atom stereocenters. The van der Waals surface area contributed by atoms with Gasteiger partial charge in [-0.1, -0.05) is 12.1 Å². The second kappa shape index (κ2) is 6.10. The molecule has 22 heavy (non-hydrogen) atoms. The number of aldehydes is 1. The molecule has 0 radical (unpaired) electrons. The smallest absolute Gasteiger partial charge is 0.161 e. The quantitative estimate of drug-likeness (QED) is 0.827. The number of hydrogen-bond donors (Lipinski definition) is 1. The van der Waals surface area contributed by atoms with Crippen LogP contribution in [0.2, 0.25) is 0 Å². The van der Waals surface area contributed by atoms with Crippen LogP contribution in [0.5, 0.6) is 17.2 Å². The first-order chi connectivity index (χ1) is 10.7. The van der Waals surface area contributed by atoms with Crippen LogP contribution in [0.15, 0.2) is 36.4 Å². The fraction of sp³-hybridized carbons (Fsp3) is 0.278. The number of hydrogen-bond acceptors (Lipinski definition) is 4. The zero-order valence-corrected chi connectivity index (χ0v) is 12.4. The molecule has 0 bridgehead atoms. The normalized spacial score (nSPS) is 13.7. The van der Waals surface area contributed by atoms with Crippen molar-refractivity contribution in [1.29, 1.82) is 0 Å². The Bertz CT molecular complexity index is 689. The highest BCUT2D eigenvalue weighted by atomic mass is 16.5. The van der Waals surface area contributed by atoms with E-state index in [2.05, 4.69) is 0 Å². The van der Waals surface area contributed by atoms with Crippen molar-refractivity contribution in [1.82, 2.24) is 0 Å². The first-order valence-electron chi connectivity index (χ1n) is 7.30. The van der Waals surface area contributed by atoms with Gasteiger partial charge >= 0.3 is 0 Å². The predicted molar refractivity (Wildman–Crippen MR) is 83.7 cm³/mol. The van der Waals surface area contributed by atoms with E-state index in [0.717, 1.165) is 11.1 Å². The van der Waals surface area contributed by atoms with Crippen molar-refractivity contribution < 1.29 is 19.4 Å². The van der Waals surface area contributed by atoms with Crippen LogP contribution in [0.3, 0.4) is 0 Å². The molecular weight excluding hydrogens is 280 g/mol. The Balaban J connectivity index is 1.92. The van der Waals surface area contributed by atoms with Gasteiger partial charge in [-0.2, -0.15) is 0 Å². The van der Waals surface area contributed by atoms with Gasteiger partial charge in [0.05, 0.1) is 19.3 Å². The van der Waals surface area contributed by atoms with Crippen molar-refractivity contribution >= 4 is 6.29 Å². The number of rotatable bonds is 6. The second-order valence-electron chi connectivity index (χ2n) is 5.51. The summed E-state index contributed by atoms with van der Waals surface area (Å²) in [6, 6.07) is 10.6. The molecule has 0 heterocycles. The molecule has 0 aliphatic heterocycles. The van der Waals surface area contributed by atoms with Gasteiger partial charge in [0, 0.05) is 0 Å². The van der Waals surface area contributed by atoms with Crippen LogP contribution in [-0.2, 0) is 0 Å². The minimum absolute atomic E-state index is 0.0162. The van der Waals surface area contributed by atoms with Crippen molar-refractivity contribution in [3.63, 3.8) is 0 Å². The third kappa shape index (κ3) is 3.06. The molecule has 1 aliphatic carbocycles. The summed E-state index contributed by atoms with van der Waals surface area (Å²) < 4.78 is 11.2. The molecule has 1 saturated carbocycles. The van der Waals surface area contributed by atoms with Gasteiger partial charge in [0.25, 0.3) is 0 Å². The highest BCUT2D eigenvalue weighted by Gasteiger charge is 2.22. The van der Waals surface area contributed by atoms with E-state index in [4.69, 9.17) is 9.47 Å². The lowest BCUT2D eigenvalue weighted by Gasteiger charge is -2.12. The lowest BCUT2D eigenvalue weighted by molar-refractivity contribution is 0.112. The van der Waals surface area contributed by atoms with E-state index in [1.54, 1.807) is 19.2 Å². The summed E-state index contributed by atoms with van der Waals surface area (Å²) in [5, 5.41) is 9.59. The van der Waals surface area contributed by atoms with Gasteiger partial charge in [0.15, 0.2) is 17.8 Å². The highest BCUT2D eigenvalue weighted by molar-refractivity contribution is 5.83.